The predicted octanol–water partition coefficient (Wildman–Crippen LogP) is 2.96. The number of alkyl halides is 5. The van der Waals surface area contributed by atoms with E-state index in [4.69, 9.17) is 5.73 Å². The molecule has 1 amide bonds. The minimum Gasteiger partial charge on any atom is -0.368 e. The Labute approximate surface area is 123 Å². The van der Waals surface area contributed by atoms with Crippen molar-refractivity contribution in [2.75, 3.05) is 13.1 Å². The van der Waals surface area contributed by atoms with Crippen LogP contribution in [0, 0.1) is 0 Å². The van der Waals surface area contributed by atoms with Crippen molar-refractivity contribution in [3.05, 3.63) is 35.4 Å². The number of likely N-dealkylation sites (tertiary alicyclic amines) is 1. The highest BCUT2D eigenvalue weighted by Gasteiger charge is 2.38. The fraction of sp³-hybridized carbons (Fsp3) is 0.500. The molecule has 1 aliphatic rings. The summed E-state index contributed by atoms with van der Waals surface area (Å²) in [6.45, 7) is -0.0801. The normalized spacial score (nSPS) is 20.6. The van der Waals surface area contributed by atoms with Crippen LogP contribution in [-0.2, 0) is 11.0 Å². The summed E-state index contributed by atoms with van der Waals surface area (Å²) in [5.41, 5.74) is 4.73. The zero-order valence-electron chi connectivity index (χ0n) is 11.5. The smallest absolute Gasteiger partial charge is 0.368 e. The van der Waals surface area contributed by atoms with E-state index in [0.717, 1.165) is 24.3 Å². The summed E-state index contributed by atoms with van der Waals surface area (Å²) in [6, 6.07) is 3.02. The molecule has 1 atom stereocenters. The molecule has 1 aliphatic heterocycles. The number of hydrogen-bond donors (Lipinski definition) is 1. The van der Waals surface area contributed by atoms with Gasteiger partial charge >= 0.3 is 6.18 Å². The molecule has 122 valence electrons. The van der Waals surface area contributed by atoms with Crippen LogP contribution in [0.4, 0.5) is 22.0 Å². The largest absolute Gasteiger partial charge is 0.416 e. The van der Waals surface area contributed by atoms with E-state index in [0.29, 0.717) is 0 Å². The van der Waals surface area contributed by atoms with Crippen LogP contribution in [0.5, 0.6) is 0 Å². The second-order valence-electron chi connectivity index (χ2n) is 5.32. The van der Waals surface area contributed by atoms with Gasteiger partial charge in [-0.05, 0) is 17.7 Å². The van der Waals surface area contributed by atoms with E-state index in [-0.39, 0.29) is 18.7 Å². The van der Waals surface area contributed by atoms with E-state index >= 15 is 0 Å². The average Bonchev–Trinajstić information content (AvgIpc) is 2.40. The van der Waals surface area contributed by atoms with Gasteiger partial charge in [0.1, 0.15) is 6.04 Å². The number of hydrogen-bond acceptors (Lipinski definition) is 2. The van der Waals surface area contributed by atoms with Crippen LogP contribution < -0.4 is 5.73 Å². The molecule has 0 radical (unpaired) electrons. The summed E-state index contributed by atoms with van der Waals surface area (Å²) in [7, 11) is 0. The topological polar surface area (TPSA) is 46.3 Å². The molecule has 1 fully saturated rings. The Morgan fingerprint density at radius 2 is 1.64 bits per heavy atom. The summed E-state index contributed by atoms with van der Waals surface area (Å²) in [5.74, 6) is -3.55. The molecular formula is C14H15F5N2O. The van der Waals surface area contributed by atoms with Crippen LogP contribution in [0.1, 0.15) is 30.0 Å². The molecule has 1 aromatic carbocycles. The van der Waals surface area contributed by atoms with E-state index in [9.17, 15) is 26.7 Å². The highest BCUT2D eigenvalue weighted by molar-refractivity contribution is 5.81. The van der Waals surface area contributed by atoms with Gasteiger partial charge < -0.3 is 5.73 Å². The number of amides is 1. The van der Waals surface area contributed by atoms with Gasteiger partial charge in [-0.15, -0.1) is 0 Å². The molecule has 2 N–H and O–H groups in total. The highest BCUT2D eigenvalue weighted by Crippen LogP contribution is 2.34. The van der Waals surface area contributed by atoms with Crippen LogP contribution >= 0.6 is 0 Å². The molecule has 22 heavy (non-hydrogen) atoms. The number of halogens is 5. The second-order valence-corrected chi connectivity index (χ2v) is 5.32. The lowest BCUT2D eigenvalue weighted by molar-refractivity contribution is -0.137. The van der Waals surface area contributed by atoms with Gasteiger partial charge in [0.15, 0.2) is 0 Å². The summed E-state index contributed by atoms with van der Waals surface area (Å²) >= 11 is 0. The molecule has 0 aromatic heterocycles. The Hall–Kier alpha value is -1.70. The van der Waals surface area contributed by atoms with Crippen LogP contribution in [0.25, 0.3) is 0 Å². The Balaban J connectivity index is 2.20. The quantitative estimate of drug-likeness (QED) is 0.870. The average molecular weight is 322 g/mol. The number of rotatable bonds is 3. The van der Waals surface area contributed by atoms with E-state index in [1.165, 1.54) is 4.90 Å². The maximum Gasteiger partial charge on any atom is 0.416 e. The van der Waals surface area contributed by atoms with Gasteiger partial charge in [-0.2, -0.15) is 13.2 Å². The molecule has 0 saturated carbocycles. The highest BCUT2D eigenvalue weighted by atomic mass is 19.4. The van der Waals surface area contributed by atoms with Crippen molar-refractivity contribution in [3.8, 4) is 0 Å². The van der Waals surface area contributed by atoms with E-state index in [1.807, 2.05) is 0 Å². The number of carbonyl (C=O) groups excluding carboxylic acids is 1. The zero-order chi connectivity index (χ0) is 16.5. The molecule has 1 heterocycles. The third kappa shape index (κ3) is 3.73. The first-order valence-electron chi connectivity index (χ1n) is 6.68. The maximum atomic E-state index is 13.2. The molecule has 8 heteroatoms. The Morgan fingerprint density at radius 1 is 1.14 bits per heavy atom. The first-order valence-corrected chi connectivity index (χ1v) is 6.68. The molecular weight excluding hydrogens is 307 g/mol. The molecule has 2 rings (SSSR count). The van der Waals surface area contributed by atoms with Crippen molar-refractivity contribution in [1.29, 1.82) is 0 Å². The maximum absolute atomic E-state index is 13.2. The summed E-state index contributed by atoms with van der Waals surface area (Å²) in [6.07, 6.45) is -5.29. The van der Waals surface area contributed by atoms with Crippen LogP contribution in [-0.4, -0.2) is 29.8 Å². The summed E-state index contributed by atoms with van der Waals surface area (Å²) < 4.78 is 63.9. The number of benzene rings is 1. The lowest BCUT2D eigenvalue weighted by atomic mass is 9.98. The first kappa shape index (κ1) is 16.7. The lowest BCUT2D eigenvalue weighted by Gasteiger charge is -2.36. The minimum atomic E-state index is -4.48. The van der Waals surface area contributed by atoms with Crippen molar-refractivity contribution < 1.29 is 26.7 Å². The summed E-state index contributed by atoms with van der Waals surface area (Å²) in [4.78, 5) is 13.1. The molecule has 0 spiro atoms. The van der Waals surface area contributed by atoms with Crippen molar-refractivity contribution in [3.63, 3.8) is 0 Å². The molecule has 0 aliphatic carbocycles. The van der Waals surface area contributed by atoms with Gasteiger partial charge in [0.05, 0.1) is 5.56 Å². The molecule has 0 bridgehead atoms. The molecule has 1 saturated heterocycles. The van der Waals surface area contributed by atoms with Crippen LogP contribution in [0.3, 0.4) is 0 Å². The van der Waals surface area contributed by atoms with Gasteiger partial charge in [-0.25, -0.2) is 8.78 Å². The summed E-state index contributed by atoms with van der Waals surface area (Å²) in [5, 5.41) is 0. The van der Waals surface area contributed by atoms with Crippen molar-refractivity contribution in [2.24, 2.45) is 5.73 Å². The molecule has 1 aromatic rings. The van der Waals surface area contributed by atoms with Gasteiger partial charge in [0.25, 0.3) is 5.92 Å². The minimum absolute atomic E-state index is 0.0401. The third-order valence-electron chi connectivity index (χ3n) is 3.72. The van der Waals surface area contributed by atoms with Gasteiger partial charge in [-0.1, -0.05) is 12.1 Å². The Morgan fingerprint density at radius 3 is 2.05 bits per heavy atom. The van der Waals surface area contributed by atoms with E-state index < -0.39 is 42.5 Å². The number of carbonyl (C=O) groups is 1. The number of primary amides is 1. The first-order chi connectivity index (χ1) is 10.1. The predicted molar refractivity (Wildman–Crippen MR) is 69.1 cm³/mol. The standard InChI is InChI=1S/C14H15F5N2O/c15-13(16)5-7-21(8-6-13)11(12(20)22)9-1-3-10(4-2-9)14(17,18)19/h1-4,11H,5-8H2,(H2,20,22). The SMILES string of the molecule is NC(=O)C(c1ccc(C(F)(F)F)cc1)N1CCC(F)(F)CC1. The van der Waals surface area contributed by atoms with Crippen LogP contribution in [0.2, 0.25) is 0 Å². The van der Waals surface area contributed by atoms with Crippen molar-refractivity contribution in [1.82, 2.24) is 4.90 Å². The van der Waals surface area contributed by atoms with Crippen molar-refractivity contribution in [2.45, 2.75) is 31.0 Å². The fourth-order valence-electron chi connectivity index (χ4n) is 2.52. The second kappa shape index (κ2) is 5.83. The number of nitrogens with two attached hydrogens (primary N) is 1. The number of nitrogens with zero attached hydrogens (tertiary/aromatic N) is 1. The zero-order valence-corrected chi connectivity index (χ0v) is 11.5. The Kier molecular flexibility index (Phi) is 4.42. The van der Waals surface area contributed by atoms with Crippen molar-refractivity contribution >= 4 is 5.91 Å². The van der Waals surface area contributed by atoms with Gasteiger partial charge in [-0.3, -0.25) is 9.69 Å². The lowest BCUT2D eigenvalue weighted by Crippen LogP contribution is -2.45. The van der Waals surface area contributed by atoms with E-state index in [2.05, 4.69) is 0 Å². The Bertz CT molecular complexity index is 531. The fourth-order valence-corrected chi connectivity index (χ4v) is 2.52. The third-order valence-corrected chi connectivity index (χ3v) is 3.72. The van der Waals surface area contributed by atoms with Crippen LogP contribution in [0.15, 0.2) is 24.3 Å². The van der Waals surface area contributed by atoms with Gasteiger partial charge in [0.2, 0.25) is 5.91 Å². The van der Waals surface area contributed by atoms with Gasteiger partial charge in [0, 0.05) is 25.9 Å². The molecule has 1 unspecified atom stereocenters. The van der Waals surface area contributed by atoms with E-state index in [1.54, 1.807) is 0 Å². The number of piperidine rings is 1. The molecule has 3 nitrogen and oxygen atoms in total. The monoisotopic (exact) mass is 322 g/mol.